The molecule has 1 aromatic carbocycles. The molecule has 2 heterocycles. The first kappa shape index (κ1) is 27.3. The minimum Gasteiger partial charge on any atom is -0.379 e. The van der Waals surface area contributed by atoms with Crippen molar-refractivity contribution in [3.8, 4) is 0 Å². The molecule has 2 aliphatic rings. The van der Waals surface area contributed by atoms with Crippen molar-refractivity contribution in [3.63, 3.8) is 0 Å². The minimum atomic E-state index is 0. The highest BCUT2D eigenvalue weighted by atomic mass is 127. The number of ether oxygens (including phenoxy) is 2. The molecule has 0 radical (unpaired) electrons. The second-order valence-electron chi connectivity index (χ2n) is 8.90. The number of hydrogen-bond donors (Lipinski definition) is 2. The second-order valence-corrected chi connectivity index (χ2v) is 8.90. The summed E-state index contributed by atoms with van der Waals surface area (Å²) in [5, 5.41) is 7.10. The van der Waals surface area contributed by atoms with Gasteiger partial charge in [0, 0.05) is 58.9 Å². The van der Waals surface area contributed by atoms with Crippen molar-refractivity contribution in [2.45, 2.75) is 39.4 Å². The van der Waals surface area contributed by atoms with E-state index in [9.17, 15) is 0 Å². The standard InChI is InChI=1S/C24H41N5O2.HI/c1-20(2)16-23(29-10-14-31-15-11-29)18-27-24(25-3)26-17-21-6-4-5-7-22(21)19-28-8-12-30-13-9-28;/h4-7,20,23H,8-19H2,1-3H3,(H2,25,26,27);1H. The maximum atomic E-state index is 5.55. The van der Waals surface area contributed by atoms with Gasteiger partial charge in [0.05, 0.1) is 26.4 Å². The van der Waals surface area contributed by atoms with Gasteiger partial charge in [-0.25, -0.2) is 0 Å². The van der Waals surface area contributed by atoms with Crippen molar-refractivity contribution in [3.05, 3.63) is 35.4 Å². The first-order valence-electron chi connectivity index (χ1n) is 11.8. The van der Waals surface area contributed by atoms with Gasteiger partial charge in [-0.15, -0.1) is 24.0 Å². The van der Waals surface area contributed by atoms with Gasteiger partial charge in [-0.2, -0.15) is 0 Å². The van der Waals surface area contributed by atoms with Crippen molar-refractivity contribution in [1.82, 2.24) is 20.4 Å². The van der Waals surface area contributed by atoms with Crippen LogP contribution in [0.1, 0.15) is 31.4 Å². The molecule has 3 rings (SSSR count). The summed E-state index contributed by atoms with van der Waals surface area (Å²) in [5.74, 6) is 1.53. The zero-order valence-corrected chi connectivity index (χ0v) is 22.3. The molecule has 1 atom stereocenters. The Kier molecular flexibility index (Phi) is 12.8. The third-order valence-corrected chi connectivity index (χ3v) is 6.10. The highest BCUT2D eigenvalue weighted by molar-refractivity contribution is 14.0. The molecule has 7 nitrogen and oxygen atoms in total. The lowest BCUT2D eigenvalue weighted by Crippen LogP contribution is -2.51. The van der Waals surface area contributed by atoms with Crippen LogP contribution < -0.4 is 10.6 Å². The third-order valence-electron chi connectivity index (χ3n) is 6.10. The Morgan fingerprint density at radius 1 is 0.969 bits per heavy atom. The molecule has 2 aliphatic heterocycles. The molecule has 0 aromatic heterocycles. The van der Waals surface area contributed by atoms with Crippen molar-refractivity contribution in [2.24, 2.45) is 10.9 Å². The van der Waals surface area contributed by atoms with Gasteiger partial charge in [-0.1, -0.05) is 38.1 Å². The zero-order valence-electron chi connectivity index (χ0n) is 20.0. The molecular weight excluding hydrogens is 517 g/mol. The Labute approximate surface area is 211 Å². The molecule has 0 saturated carbocycles. The first-order chi connectivity index (χ1) is 15.2. The fourth-order valence-electron chi connectivity index (χ4n) is 4.35. The van der Waals surface area contributed by atoms with Crippen LogP contribution in [0.3, 0.4) is 0 Å². The summed E-state index contributed by atoms with van der Waals surface area (Å²) in [4.78, 5) is 9.49. The monoisotopic (exact) mass is 559 g/mol. The Morgan fingerprint density at radius 2 is 1.59 bits per heavy atom. The predicted octanol–water partition coefficient (Wildman–Crippen LogP) is 2.55. The van der Waals surface area contributed by atoms with Crippen molar-refractivity contribution in [1.29, 1.82) is 0 Å². The van der Waals surface area contributed by atoms with Crippen LogP contribution in [0.25, 0.3) is 0 Å². The van der Waals surface area contributed by atoms with E-state index in [0.717, 1.165) is 78.2 Å². The number of morpholine rings is 2. The van der Waals surface area contributed by atoms with Gasteiger partial charge in [0.1, 0.15) is 0 Å². The van der Waals surface area contributed by atoms with Crippen molar-refractivity contribution < 1.29 is 9.47 Å². The van der Waals surface area contributed by atoms with Gasteiger partial charge in [0.2, 0.25) is 0 Å². The van der Waals surface area contributed by atoms with E-state index in [2.05, 4.69) is 63.5 Å². The zero-order chi connectivity index (χ0) is 21.9. The lowest BCUT2D eigenvalue weighted by molar-refractivity contribution is 0.0132. The SMILES string of the molecule is CN=C(NCc1ccccc1CN1CCOCC1)NCC(CC(C)C)N1CCOCC1.I. The van der Waals surface area contributed by atoms with Crippen LogP contribution in [0.15, 0.2) is 29.3 Å². The topological polar surface area (TPSA) is 61.4 Å². The lowest BCUT2D eigenvalue weighted by atomic mass is 10.0. The maximum absolute atomic E-state index is 5.55. The Balaban J connectivity index is 0.00000363. The second kappa shape index (κ2) is 15.1. The molecule has 0 amide bonds. The summed E-state index contributed by atoms with van der Waals surface area (Å²) in [7, 11) is 1.85. The molecule has 0 aliphatic carbocycles. The van der Waals surface area contributed by atoms with Crippen molar-refractivity contribution in [2.75, 3.05) is 66.2 Å². The van der Waals surface area contributed by atoms with Gasteiger partial charge in [-0.3, -0.25) is 14.8 Å². The van der Waals surface area contributed by atoms with Gasteiger partial charge in [-0.05, 0) is 23.5 Å². The van der Waals surface area contributed by atoms with Gasteiger partial charge in [0.15, 0.2) is 5.96 Å². The Morgan fingerprint density at radius 3 is 2.22 bits per heavy atom. The highest BCUT2D eigenvalue weighted by Crippen LogP contribution is 2.14. The van der Waals surface area contributed by atoms with Crippen LogP contribution in [0.5, 0.6) is 0 Å². The van der Waals surface area contributed by atoms with Crippen LogP contribution >= 0.6 is 24.0 Å². The summed E-state index contributed by atoms with van der Waals surface area (Å²) in [6, 6.07) is 9.19. The summed E-state index contributed by atoms with van der Waals surface area (Å²) in [6.45, 7) is 14.6. The van der Waals surface area contributed by atoms with Gasteiger partial charge < -0.3 is 20.1 Å². The molecule has 32 heavy (non-hydrogen) atoms. The molecule has 2 fully saturated rings. The largest absolute Gasteiger partial charge is 0.379 e. The number of guanidine groups is 1. The number of rotatable bonds is 9. The number of hydrogen-bond acceptors (Lipinski definition) is 5. The van der Waals surface area contributed by atoms with E-state index in [-0.39, 0.29) is 24.0 Å². The summed E-state index contributed by atoms with van der Waals surface area (Å²) >= 11 is 0. The van der Waals surface area contributed by atoms with E-state index in [1.807, 2.05) is 7.05 Å². The molecule has 1 aromatic rings. The average molecular weight is 560 g/mol. The Bertz CT molecular complexity index is 676. The minimum absolute atomic E-state index is 0. The van der Waals surface area contributed by atoms with Crippen LogP contribution in [0, 0.1) is 5.92 Å². The average Bonchev–Trinajstić information content (AvgIpc) is 2.80. The summed E-state index contributed by atoms with van der Waals surface area (Å²) in [5.41, 5.74) is 2.70. The molecule has 0 bridgehead atoms. The Hall–Kier alpha value is -0.940. The number of halogens is 1. The van der Waals surface area contributed by atoms with E-state index < -0.39 is 0 Å². The van der Waals surface area contributed by atoms with Crippen molar-refractivity contribution >= 4 is 29.9 Å². The van der Waals surface area contributed by atoms with E-state index in [1.54, 1.807) is 0 Å². The quantitative estimate of drug-likeness (QED) is 0.276. The summed E-state index contributed by atoms with van der Waals surface area (Å²) in [6.07, 6.45) is 1.17. The van der Waals surface area contributed by atoms with Crippen LogP contribution in [-0.2, 0) is 22.6 Å². The first-order valence-corrected chi connectivity index (χ1v) is 11.8. The number of nitrogens with zero attached hydrogens (tertiary/aromatic N) is 3. The lowest BCUT2D eigenvalue weighted by Gasteiger charge is -2.35. The smallest absolute Gasteiger partial charge is 0.191 e. The fraction of sp³-hybridized carbons (Fsp3) is 0.708. The summed E-state index contributed by atoms with van der Waals surface area (Å²) < 4.78 is 11.0. The third kappa shape index (κ3) is 9.13. The molecule has 0 spiro atoms. The molecule has 2 N–H and O–H groups in total. The fourth-order valence-corrected chi connectivity index (χ4v) is 4.35. The number of benzene rings is 1. The van der Waals surface area contributed by atoms with Gasteiger partial charge >= 0.3 is 0 Å². The maximum Gasteiger partial charge on any atom is 0.191 e. The van der Waals surface area contributed by atoms with E-state index >= 15 is 0 Å². The molecule has 2 saturated heterocycles. The molecule has 8 heteroatoms. The highest BCUT2D eigenvalue weighted by Gasteiger charge is 2.22. The predicted molar refractivity (Wildman–Crippen MR) is 142 cm³/mol. The van der Waals surface area contributed by atoms with E-state index in [1.165, 1.54) is 17.5 Å². The molecular formula is C24H42IN5O2. The van der Waals surface area contributed by atoms with Crippen LogP contribution in [0.2, 0.25) is 0 Å². The normalized spacial score (nSPS) is 19.4. The molecule has 182 valence electrons. The van der Waals surface area contributed by atoms with Gasteiger partial charge in [0.25, 0.3) is 0 Å². The van der Waals surface area contributed by atoms with Crippen LogP contribution in [-0.4, -0.2) is 88.0 Å². The number of nitrogens with one attached hydrogen (secondary N) is 2. The molecule has 1 unspecified atom stereocenters. The van der Waals surface area contributed by atoms with Crippen LogP contribution in [0.4, 0.5) is 0 Å². The van der Waals surface area contributed by atoms with E-state index in [4.69, 9.17) is 9.47 Å². The number of aliphatic imine (C=N–C) groups is 1. The van der Waals surface area contributed by atoms with E-state index in [0.29, 0.717) is 12.0 Å².